The number of hydrogen-bond donors (Lipinski definition) is 0. The van der Waals surface area contributed by atoms with Crippen molar-refractivity contribution in [3.05, 3.63) is 12.2 Å². The van der Waals surface area contributed by atoms with Gasteiger partial charge in [0, 0.05) is 18.9 Å². The van der Waals surface area contributed by atoms with Crippen LogP contribution in [0.5, 0.6) is 0 Å². The van der Waals surface area contributed by atoms with Crippen LogP contribution in [0.15, 0.2) is 12.2 Å². The summed E-state index contributed by atoms with van der Waals surface area (Å²) in [6.07, 6.45) is 16.3. The summed E-state index contributed by atoms with van der Waals surface area (Å²) in [5.41, 5.74) is 0. The molecule has 1 heterocycles. The van der Waals surface area contributed by atoms with Gasteiger partial charge < -0.3 is 0 Å². The highest BCUT2D eigenvalue weighted by Crippen LogP contribution is 2.09. The molecule has 1 saturated heterocycles. The van der Waals surface area contributed by atoms with E-state index in [-0.39, 0.29) is 5.91 Å². The van der Waals surface area contributed by atoms with Gasteiger partial charge in [-0.25, -0.2) is 4.79 Å². The van der Waals surface area contributed by atoms with Crippen molar-refractivity contribution in [2.75, 3.05) is 13.1 Å². The molecule has 103 valence electrons. The summed E-state index contributed by atoms with van der Waals surface area (Å²) in [5, 5.41) is 0. The molecule has 0 bridgehead atoms. The first-order valence-corrected chi connectivity index (χ1v) is 7.80. The summed E-state index contributed by atoms with van der Waals surface area (Å²) in [7, 11) is 0. The minimum Gasteiger partial charge on any atom is -0.221 e. The highest BCUT2D eigenvalue weighted by molar-refractivity contribution is 5.89. The Bertz CT molecular complexity index is 239. The molecule has 0 saturated carbocycles. The third kappa shape index (κ3) is 6.95. The van der Waals surface area contributed by atoms with Crippen LogP contribution in [-0.4, -0.2) is 19.0 Å². The molecular weight excluding hydrogens is 222 g/mol. The van der Waals surface area contributed by atoms with Crippen molar-refractivity contribution in [3.8, 4) is 0 Å². The number of amides is 1. The lowest BCUT2D eigenvalue weighted by Gasteiger charge is -2.03. The molecule has 2 nitrogen and oxygen atoms in total. The Kier molecular flexibility index (Phi) is 8.83. The minimum absolute atomic E-state index is 0.227. The molecule has 0 aliphatic carbocycles. The average molecular weight is 251 g/mol. The van der Waals surface area contributed by atoms with Crippen LogP contribution in [0.3, 0.4) is 0 Å². The molecule has 2 heteroatoms. The summed E-state index contributed by atoms with van der Waals surface area (Å²) in [6.45, 7) is 4.15. The van der Waals surface area contributed by atoms with Crippen molar-refractivity contribution in [1.82, 2.24) is 4.90 Å². The van der Waals surface area contributed by atoms with Crippen molar-refractivity contribution in [2.45, 2.75) is 71.1 Å². The van der Waals surface area contributed by atoms with Gasteiger partial charge in [-0.05, 0) is 25.7 Å². The molecule has 0 aromatic heterocycles. The van der Waals surface area contributed by atoms with Gasteiger partial charge in [-0.1, -0.05) is 43.6 Å². The minimum atomic E-state index is 0.227. The van der Waals surface area contributed by atoms with Gasteiger partial charge in [0.1, 0.15) is 13.1 Å². The predicted octanol–water partition coefficient (Wildman–Crippen LogP) is 4.14. The first-order chi connectivity index (χ1) is 8.84. The van der Waals surface area contributed by atoms with Crippen LogP contribution in [-0.2, 0) is 4.79 Å². The number of hydrogen-bond acceptors (Lipinski definition) is 1. The van der Waals surface area contributed by atoms with Crippen LogP contribution in [0, 0.1) is 0 Å². The Morgan fingerprint density at radius 3 is 2.33 bits per heavy atom. The summed E-state index contributed by atoms with van der Waals surface area (Å²) in [4.78, 5) is 13.9. The van der Waals surface area contributed by atoms with E-state index in [4.69, 9.17) is 0 Å². The normalized spacial score (nSPS) is 18.1. The van der Waals surface area contributed by atoms with Gasteiger partial charge in [-0.3, -0.25) is 0 Å². The summed E-state index contributed by atoms with van der Waals surface area (Å²) >= 11 is 0. The number of nitrogens with zero attached hydrogens (tertiary/aromatic N) is 1. The van der Waals surface area contributed by atoms with Gasteiger partial charge in [0.2, 0.25) is 0 Å². The Hall–Kier alpha value is -0.630. The molecule has 1 rings (SSSR count). The van der Waals surface area contributed by atoms with E-state index >= 15 is 0 Å². The van der Waals surface area contributed by atoms with E-state index in [0.717, 1.165) is 19.5 Å². The van der Waals surface area contributed by atoms with E-state index in [0.29, 0.717) is 0 Å². The molecule has 1 fully saturated rings. The van der Waals surface area contributed by atoms with Gasteiger partial charge in [0.05, 0.1) is 0 Å². The summed E-state index contributed by atoms with van der Waals surface area (Å²) < 4.78 is 0. The summed E-state index contributed by atoms with van der Waals surface area (Å²) in [6, 6.07) is 0. The van der Waals surface area contributed by atoms with Crippen molar-refractivity contribution in [2.24, 2.45) is 0 Å². The molecule has 0 aromatic rings. The fraction of sp³-hybridized carbons (Fsp3) is 0.812. The second-order valence-electron chi connectivity index (χ2n) is 5.34. The Labute approximate surface area is 112 Å². The van der Waals surface area contributed by atoms with Gasteiger partial charge in [0.15, 0.2) is 0 Å². The largest absolute Gasteiger partial charge is 0.385 e. The standard InChI is InChI=1S/C16H29NO/c1-2-3-4-5-6-7-10-13-16(18)17-14-11-8-9-12-15-17/h10,13H,2-9,11-12,14-15H2,1H3/q+1. The number of unbranched alkanes of at least 4 members (excludes halogenated alkanes) is 5. The third-order valence-electron chi connectivity index (χ3n) is 3.65. The molecule has 18 heavy (non-hydrogen) atoms. The maximum Gasteiger partial charge on any atom is 0.385 e. The second-order valence-corrected chi connectivity index (χ2v) is 5.34. The van der Waals surface area contributed by atoms with E-state index in [1.807, 2.05) is 4.90 Å². The van der Waals surface area contributed by atoms with Gasteiger partial charge >= 0.3 is 5.91 Å². The number of allylic oxidation sites excluding steroid dienone is 1. The fourth-order valence-electron chi connectivity index (χ4n) is 2.45. The van der Waals surface area contributed by atoms with Crippen molar-refractivity contribution >= 4 is 5.91 Å². The molecular formula is C16H29NO+. The Balaban J connectivity index is 2.10. The van der Waals surface area contributed by atoms with Gasteiger partial charge in [-0.15, -0.1) is 0 Å². The zero-order chi connectivity index (χ0) is 13.1. The van der Waals surface area contributed by atoms with Gasteiger partial charge in [-0.2, -0.15) is 0 Å². The lowest BCUT2D eigenvalue weighted by molar-refractivity contribution is -0.120. The summed E-state index contributed by atoms with van der Waals surface area (Å²) in [5.74, 6) is 0.227. The predicted molar refractivity (Wildman–Crippen MR) is 77.9 cm³/mol. The van der Waals surface area contributed by atoms with E-state index in [2.05, 4.69) is 13.0 Å². The molecule has 1 radical (unpaired) electrons. The topological polar surface area (TPSA) is 23.0 Å². The van der Waals surface area contributed by atoms with Crippen LogP contribution in [0.4, 0.5) is 0 Å². The lowest BCUT2D eigenvalue weighted by atomic mass is 10.1. The lowest BCUT2D eigenvalue weighted by Crippen LogP contribution is -2.36. The molecule has 0 aromatic carbocycles. The van der Waals surface area contributed by atoms with Gasteiger partial charge in [0.25, 0.3) is 0 Å². The second kappa shape index (κ2) is 10.3. The molecule has 1 aliphatic rings. The first kappa shape index (κ1) is 15.4. The van der Waals surface area contributed by atoms with Crippen molar-refractivity contribution in [1.29, 1.82) is 0 Å². The SMILES string of the molecule is CCCCCCCC=CC(=O)[N+]1CCCCCC1. The third-order valence-corrected chi connectivity index (χ3v) is 3.65. The van der Waals surface area contributed by atoms with Crippen molar-refractivity contribution < 1.29 is 4.79 Å². The van der Waals surface area contributed by atoms with Crippen LogP contribution < -0.4 is 4.90 Å². The van der Waals surface area contributed by atoms with E-state index in [1.165, 1.54) is 57.8 Å². The number of carbonyl (C=O) groups excluding carboxylic acids is 1. The number of rotatable bonds is 7. The monoisotopic (exact) mass is 251 g/mol. The molecule has 0 unspecified atom stereocenters. The van der Waals surface area contributed by atoms with Crippen molar-refractivity contribution in [3.63, 3.8) is 0 Å². The molecule has 0 N–H and O–H groups in total. The zero-order valence-electron chi connectivity index (χ0n) is 12.0. The van der Waals surface area contributed by atoms with E-state index in [9.17, 15) is 4.79 Å². The molecule has 0 spiro atoms. The highest BCUT2D eigenvalue weighted by atomic mass is 16.2. The van der Waals surface area contributed by atoms with Crippen LogP contribution in [0.2, 0.25) is 0 Å². The smallest absolute Gasteiger partial charge is 0.221 e. The number of carbonyl (C=O) groups is 1. The number of likely N-dealkylation sites (tertiary alicyclic amines) is 1. The Morgan fingerprint density at radius 1 is 1.00 bits per heavy atom. The maximum atomic E-state index is 11.9. The van der Waals surface area contributed by atoms with E-state index < -0.39 is 0 Å². The Morgan fingerprint density at radius 2 is 1.67 bits per heavy atom. The molecule has 0 atom stereocenters. The quantitative estimate of drug-likeness (QED) is 0.379. The fourth-order valence-corrected chi connectivity index (χ4v) is 2.45. The average Bonchev–Trinajstić information content (AvgIpc) is 2.66. The maximum absolute atomic E-state index is 11.9. The van der Waals surface area contributed by atoms with Crippen LogP contribution in [0.25, 0.3) is 0 Å². The highest BCUT2D eigenvalue weighted by Gasteiger charge is 2.24. The first-order valence-electron chi connectivity index (χ1n) is 7.80. The van der Waals surface area contributed by atoms with E-state index in [1.54, 1.807) is 6.08 Å². The van der Waals surface area contributed by atoms with Crippen LogP contribution in [0.1, 0.15) is 71.1 Å². The zero-order valence-corrected chi connectivity index (χ0v) is 12.0. The molecule has 1 aliphatic heterocycles. The van der Waals surface area contributed by atoms with Crippen LogP contribution >= 0.6 is 0 Å². The molecule has 1 amide bonds.